The lowest BCUT2D eigenvalue weighted by Gasteiger charge is -2.06. The normalized spacial score (nSPS) is 10.4. The highest BCUT2D eigenvalue weighted by Crippen LogP contribution is 2.13. The van der Waals surface area contributed by atoms with E-state index in [9.17, 15) is 4.79 Å². The molecule has 0 aromatic heterocycles. The summed E-state index contributed by atoms with van der Waals surface area (Å²) in [6.07, 6.45) is 1.82. The number of hydrogen-bond acceptors (Lipinski definition) is 2. The number of carbonyl (C=O) groups is 1. The highest BCUT2D eigenvalue weighted by atomic mass is 79.9. The molecule has 2 rings (SSSR count). The maximum Gasteiger partial charge on any atom is 0.224 e. The lowest BCUT2D eigenvalue weighted by molar-refractivity contribution is -0.116. The molecule has 0 bridgehead atoms. The van der Waals surface area contributed by atoms with Crippen molar-refractivity contribution in [2.75, 3.05) is 11.9 Å². The van der Waals surface area contributed by atoms with Crippen LogP contribution >= 0.6 is 15.9 Å². The third-order valence-electron chi connectivity index (χ3n) is 3.19. The van der Waals surface area contributed by atoms with Crippen LogP contribution in [0.4, 0.5) is 5.69 Å². The first kappa shape index (κ1) is 15.7. The van der Waals surface area contributed by atoms with Gasteiger partial charge in [-0.1, -0.05) is 40.2 Å². The third-order valence-corrected chi connectivity index (χ3v) is 3.72. The van der Waals surface area contributed by atoms with Crippen LogP contribution in [-0.4, -0.2) is 17.6 Å². The summed E-state index contributed by atoms with van der Waals surface area (Å²) in [6, 6.07) is 15.6. The van der Waals surface area contributed by atoms with E-state index in [-0.39, 0.29) is 12.5 Å². The van der Waals surface area contributed by atoms with Gasteiger partial charge >= 0.3 is 0 Å². The van der Waals surface area contributed by atoms with E-state index >= 15 is 0 Å². The minimum absolute atomic E-state index is 0.00725. The minimum atomic E-state index is 0.00725. The number of aryl methyl sites for hydroxylation is 1. The first-order valence-electron chi connectivity index (χ1n) is 6.91. The molecule has 0 unspecified atom stereocenters. The number of halogens is 1. The maximum absolute atomic E-state index is 11.9. The predicted octanol–water partition coefficient (Wildman–Crippen LogP) is 3.56. The molecule has 110 valence electrons. The number of carbonyl (C=O) groups excluding carboxylic acids is 1. The van der Waals surface area contributed by atoms with Gasteiger partial charge in [0.1, 0.15) is 0 Å². The van der Waals surface area contributed by atoms with Gasteiger partial charge in [0.05, 0.1) is 0 Å². The Morgan fingerprint density at radius 1 is 0.952 bits per heavy atom. The number of anilines is 1. The molecule has 0 heterocycles. The molecular formula is C17H18BrNO2. The standard InChI is InChI=1S/C17H18BrNO2/c18-15-6-1-13(2-7-15)5-10-17(21)19-16-8-3-14(4-9-16)11-12-20/h1-4,6-9,20H,5,10-12H2,(H,19,21). The number of hydrogen-bond donors (Lipinski definition) is 2. The Bertz CT molecular complexity index is 579. The fourth-order valence-corrected chi connectivity index (χ4v) is 2.28. The average Bonchev–Trinajstić information content (AvgIpc) is 2.49. The van der Waals surface area contributed by atoms with Crippen molar-refractivity contribution in [3.8, 4) is 0 Å². The number of aliphatic hydroxyl groups excluding tert-OH is 1. The van der Waals surface area contributed by atoms with Crippen LogP contribution in [0.5, 0.6) is 0 Å². The van der Waals surface area contributed by atoms with Gasteiger partial charge in [0.2, 0.25) is 5.91 Å². The van der Waals surface area contributed by atoms with Gasteiger partial charge in [-0.25, -0.2) is 0 Å². The van der Waals surface area contributed by atoms with Gasteiger partial charge in [-0.05, 0) is 48.2 Å². The molecule has 21 heavy (non-hydrogen) atoms. The Kier molecular flexibility index (Phi) is 5.96. The molecule has 0 radical (unpaired) electrons. The van der Waals surface area contributed by atoms with Crippen molar-refractivity contribution >= 4 is 27.5 Å². The molecule has 1 amide bonds. The van der Waals surface area contributed by atoms with E-state index in [0.29, 0.717) is 12.8 Å². The molecule has 0 fully saturated rings. The first-order chi connectivity index (χ1) is 10.2. The van der Waals surface area contributed by atoms with E-state index < -0.39 is 0 Å². The zero-order valence-electron chi connectivity index (χ0n) is 11.7. The Balaban J connectivity index is 1.82. The van der Waals surface area contributed by atoms with E-state index in [4.69, 9.17) is 5.11 Å². The molecule has 0 aliphatic carbocycles. The number of amides is 1. The minimum Gasteiger partial charge on any atom is -0.396 e. The molecule has 2 aromatic carbocycles. The zero-order chi connectivity index (χ0) is 15.1. The van der Waals surface area contributed by atoms with Crippen LogP contribution in [0.3, 0.4) is 0 Å². The van der Waals surface area contributed by atoms with Crippen molar-refractivity contribution in [1.82, 2.24) is 0 Å². The van der Waals surface area contributed by atoms with Gasteiger partial charge in [0, 0.05) is 23.2 Å². The van der Waals surface area contributed by atoms with E-state index in [1.54, 1.807) is 0 Å². The molecule has 2 aromatic rings. The number of nitrogens with one attached hydrogen (secondary N) is 1. The summed E-state index contributed by atoms with van der Waals surface area (Å²) in [5, 5.41) is 11.7. The molecule has 2 N–H and O–H groups in total. The van der Waals surface area contributed by atoms with E-state index in [0.717, 1.165) is 27.7 Å². The zero-order valence-corrected chi connectivity index (χ0v) is 13.3. The fraction of sp³-hybridized carbons (Fsp3) is 0.235. The second-order valence-corrected chi connectivity index (χ2v) is 5.76. The fourth-order valence-electron chi connectivity index (χ4n) is 2.02. The van der Waals surface area contributed by atoms with Crippen LogP contribution in [0.15, 0.2) is 53.0 Å². The summed E-state index contributed by atoms with van der Waals surface area (Å²) in [5.41, 5.74) is 2.99. The summed E-state index contributed by atoms with van der Waals surface area (Å²) in [5.74, 6) is 0.00725. The highest BCUT2D eigenvalue weighted by Gasteiger charge is 2.03. The van der Waals surface area contributed by atoms with Crippen molar-refractivity contribution in [3.05, 3.63) is 64.1 Å². The topological polar surface area (TPSA) is 49.3 Å². The summed E-state index contributed by atoms with van der Waals surface area (Å²) in [4.78, 5) is 11.9. The van der Waals surface area contributed by atoms with Gasteiger partial charge in [-0.15, -0.1) is 0 Å². The van der Waals surface area contributed by atoms with Gasteiger partial charge in [0.15, 0.2) is 0 Å². The molecule has 0 spiro atoms. The van der Waals surface area contributed by atoms with Crippen LogP contribution in [-0.2, 0) is 17.6 Å². The van der Waals surface area contributed by atoms with E-state index in [1.807, 2.05) is 48.5 Å². The van der Waals surface area contributed by atoms with Crippen LogP contribution in [0.2, 0.25) is 0 Å². The van der Waals surface area contributed by atoms with Crippen LogP contribution in [0, 0.1) is 0 Å². The molecule has 3 nitrogen and oxygen atoms in total. The molecule has 0 atom stereocenters. The summed E-state index contributed by atoms with van der Waals surface area (Å²) in [6.45, 7) is 0.138. The third kappa shape index (κ3) is 5.33. The molecular weight excluding hydrogens is 330 g/mol. The monoisotopic (exact) mass is 347 g/mol. The number of benzene rings is 2. The first-order valence-corrected chi connectivity index (χ1v) is 7.71. The number of aliphatic hydroxyl groups is 1. The predicted molar refractivity (Wildman–Crippen MR) is 88.3 cm³/mol. The maximum atomic E-state index is 11.9. The van der Waals surface area contributed by atoms with Gasteiger partial charge in [-0.2, -0.15) is 0 Å². The van der Waals surface area contributed by atoms with Crippen LogP contribution in [0.25, 0.3) is 0 Å². The van der Waals surface area contributed by atoms with Crippen molar-refractivity contribution in [2.45, 2.75) is 19.3 Å². The van der Waals surface area contributed by atoms with Crippen LogP contribution < -0.4 is 5.32 Å². The average molecular weight is 348 g/mol. The quantitative estimate of drug-likeness (QED) is 0.839. The summed E-state index contributed by atoms with van der Waals surface area (Å²) in [7, 11) is 0. The second kappa shape index (κ2) is 7.96. The van der Waals surface area contributed by atoms with E-state index in [1.165, 1.54) is 0 Å². The van der Waals surface area contributed by atoms with Gasteiger partial charge in [0.25, 0.3) is 0 Å². The van der Waals surface area contributed by atoms with Crippen molar-refractivity contribution in [3.63, 3.8) is 0 Å². The Morgan fingerprint density at radius 2 is 1.52 bits per heavy atom. The molecule has 0 saturated heterocycles. The Morgan fingerprint density at radius 3 is 2.14 bits per heavy atom. The molecule has 4 heteroatoms. The van der Waals surface area contributed by atoms with Crippen molar-refractivity contribution in [2.24, 2.45) is 0 Å². The lowest BCUT2D eigenvalue weighted by Crippen LogP contribution is -2.12. The van der Waals surface area contributed by atoms with Gasteiger partial charge in [-0.3, -0.25) is 4.79 Å². The Labute approximate surface area is 133 Å². The molecule has 0 aliphatic rings. The second-order valence-electron chi connectivity index (χ2n) is 4.85. The number of rotatable bonds is 6. The Hall–Kier alpha value is -1.65. The SMILES string of the molecule is O=C(CCc1ccc(Br)cc1)Nc1ccc(CCO)cc1. The van der Waals surface area contributed by atoms with Gasteiger partial charge < -0.3 is 10.4 Å². The lowest BCUT2D eigenvalue weighted by atomic mass is 10.1. The van der Waals surface area contributed by atoms with Crippen molar-refractivity contribution < 1.29 is 9.90 Å². The highest BCUT2D eigenvalue weighted by molar-refractivity contribution is 9.10. The largest absolute Gasteiger partial charge is 0.396 e. The van der Waals surface area contributed by atoms with E-state index in [2.05, 4.69) is 21.2 Å². The van der Waals surface area contributed by atoms with Crippen molar-refractivity contribution in [1.29, 1.82) is 0 Å². The molecule has 0 saturated carbocycles. The summed E-state index contributed by atoms with van der Waals surface area (Å²) < 4.78 is 1.04. The molecule has 0 aliphatic heterocycles. The van der Waals surface area contributed by atoms with Crippen LogP contribution in [0.1, 0.15) is 17.5 Å². The summed E-state index contributed by atoms with van der Waals surface area (Å²) >= 11 is 3.39. The smallest absolute Gasteiger partial charge is 0.224 e.